The van der Waals surface area contributed by atoms with Gasteiger partial charge in [0.1, 0.15) is 6.04 Å². The maximum Gasteiger partial charge on any atom is 0.421 e. The Labute approximate surface area is 144 Å². The Hall–Kier alpha value is -2.74. The summed E-state index contributed by atoms with van der Waals surface area (Å²) in [6, 6.07) is 8.89. The van der Waals surface area contributed by atoms with E-state index in [-0.39, 0.29) is 30.2 Å². The van der Waals surface area contributed by atoms with E-state index in [4.69, 9.17) is 5.11 Å². The highest BCUT2D eigenvalue weighted by atomic mass is 16.4. The van der Waals surface area contributed by atoms with E-state index in [1.54, 1.807) is 0 Å². The van der Waals surface area contributed by atoms with Crippen LogP contribution >= 0.6 is 0 Å². The van der Waals surface area contributed by atoms with Gasteiger partial charge in [0.25, 0.3) is 5.91 Å². The van der Waals surface area contributed by atoms with Crippen LogP contribution in [-0.4, -0.2) is 69.3 Å². The van der Waals surface area contributed by atoms with Crippen molar-refractivity contribution in [3.05, 3.63) is 35.9 Å². The summed E-state index contributed by atoms with van der Waals surface area (Å²) in [4.78, 5) is 51.2. The van der Waals surface area contributed by atoms with Gasteiger partial charge in [-0.2, -0.15) is 4.90 Å². The molecule has 4 amide bonds. The van der Waals surface area contributed by atoms with Crippen molar-refractivity contribution in [2.75, 3.05) is 19.6 Å². The van der Waals surface area contributed by atoms with Crippen LogP contribution in [0.4, 0.5) is 4.79 Å². The van der Waals surface area contributed by atoms with Gasteiger partial charge in [-0.15, -0.1) is 0 Å². The minimum Gasteiger partial charge on any atom is -0.464 e. The number of nitrogens with zero attached hydrogens (tertiary/aromatic N) is 3. The molecule has 8 heteroatoms. The number of hydrogen-bond acceptors (Lipinski definition) is 5. The van der Waals surface area contributed by atoms with Gasteiger partial charge in [-0.05, 0) is 12.0 Å². The molecule has 2 fully saturated rings. The molecule has 0 radical (unpaired) electrons. The molecule has 1 aromatic carbocycles. The first-order valence-corrected chi connectivity index (χ1v) is 8.13. The second-order valence-corrected chi connectivity index (χ2v) is 6.19. The Morgan fingerprint density at radius 2 is 1.80 bits per heavy atom. The lowest BCUT2D eigenvalue weighted by Gasteiger charge is -2.40. The minimum absolute atomic E-state index is 0.0553. The number of hydrogen-bond donors (Lipinski definition) is 1. The monoisotopic (exact) mass is 345 g/mol. The number of benzene rings is 1. The molecule has 25 heavy (non-hydrogen) atoms. The van der Waals surface area contributed by atoms with Crippen molar-refractivity contribution in [2.24, 2.45) is 0 Å². The lowest BCUT2D eigenvalue weighted by Crippen LogP contribution is -2.61. The maximum atomic E-state index is 12.5. The van der Waals surface area contributed by atoms with E-state index in [0.717, 1.165) is 5.56 Å². The van der Waals surface area contributed by atoms with Crippen LogP contribution in [0.2, 0.25) is 0 Å². The van der Waals surface area contributed by atoms with Gasteiger partial charge in [-0.1, -0.05) is 30.3 Å². The first-order chi connectivity index (χ1) is 12.0. The van der Waals surface area contributed by atoms with E-state index < -0.39 is 23.9 Å². The molecule has 132 valence electrons. The highest BCUT2D eigenvalue weighted by Gasteiger charge is 2.43. The number of rotatable bonds is 3. The summed E-state index contributed by atoms with van der Waals surface area (Å²) in [5, 5.41) is 9.04. The molecular weight excluding hydrogens is 326 g/mol. The van der Waals surface area contributed by atoms with E-state index in [9.17, 15) is 19.2 Å². The van der Waals surface area contributed by atoms with Crippen molar-refractivity contribution in [1.82, 2.24) is 14.7 Å². The molecule has 0 aromatic heterocycles. The van der Waals surface area contributed by atoms with E-state index in [0.29, 0.717) is 19.6 Å². The zero-order chi connectivity index (χ0) is 18.0. The van der Waals surface area contributed by atoms with Gasteiger partial charge < -0.3 is 10.0 Å². The van der Waals surface area contributed by atoms with E-state index >= 15 is 0 Å². The standard InChI is InChI=1S/C17H19N3O5/c21-14-7-6-13(16(23)20(14)17(24)25)19-9-8-18(11-15(19)22)10-12-4-2-1-3-5-12/h1-5,13H,6-11H2,(H,24,25). The second kappa shape index (κ2) is 7.02. The van der Waals surface area contributed by atoms with Crippen molar-refractivity contribution >= 4 is 23.8 Å². The molecule has 0 saturated carbocycles. The molecule has 2 aliphatic heterocycles. The zero-order valence-electron chi connectivity index (χ0n) is 13.6. The van der Waals surface area contributed by atoms with Crippen molar-refractivity contribution in [1.29, 1.82) is 0 Å². The summed E-state index contributed by atoms with van der Waals surface area (Å²) in [5.74, 6) is -1.78. The fourth-order valence-electron chi connectivity index (χ4n) is 3.30. The Bertz CT molecular complexity index is 705. The fourth-order valence-corrected chi connectivity index (χ4v) is 3.30. The summed E-state index contributed by atoms with van der Waals surface area (Å²) in [7, 11) is 0. The number of amides is 4. The highest BCUT2D eigenvalue weighted by molar-refractivity contribution is 6.12. The van der Waals surface area contributed by atoms with Crippen LogP contribution < -0.4 is 0 Å². The van der Waals surface area contributed by atoms with E-state index in [2.05, 4.69) is 0 Å². The Balaban J connectivity index is 1.65. The summed E-state index contributed by atoms with van der Waals surface area (Å²) in [6.07, 6.45) is -1.47. The van der Waals surface area contributed by atoms with Gasteiger partial charge >= 0.3 is 6.09 Å². The normalized spacial score (nSPS) is 22.4. The van der Waals surface area contributed by atoms with Crippen LogP contribution in [0.3, 0.4) is 0 Å². The van der Waals surface area contributed by atoms with Crippen LogP contribution in [0.5, 0.6) is 0 Å². The molecule has 1 N–H and O–H groups in total. The number of carbonyl (C=O) groups excluding carboxylic acids is 3. The van der Waals surface area contributed by atoms with Crippen LogP contribution in [0, 0.1) is 0 Å². The van der Waals surface area contributed by atoms with Crippen molar-refractivity contribution in [2.45, 2.75) is 25.4 Å². The number of carbonyl (C=O) groups is 4. The average Bonchev–Trinajstić information content (AvgIpc) is 2.57. The van der Waals surface area contributed by atoms with Gasteiger partial charge in [0.2, 0.25) is 11.8 Å². The first kappa shape index (κ1) is 17.1. The Morgan fingerprint density at radius 1 is 1.08 bits per heavy atom. The molecule has 0 aliphatic carbocycles. The molecule has 1 aromatic rings. The summed E-state index contributed by atoms with van der Waals surface area (Å²) in [6.45, 7) is 1.73. The topological polar surface area (TPSA) is 98.2 Å². The predicted molar refractivity (Wildman–Crippen MR) is 86.3 cm³/mol. The van der Waals surface area contributed by atoms with Crippen LogP contribution in [0.1, 0.15) is 18.4 Å². The van der Waals surface area contributed by atoms with Gasteiger partial charge in [-0.25, -0.2) is 4.79 Å². The second-order valence-electron chi connectivity index (χ2n) is 6.19. The van der Waals surface area contributed by atoms with Gasteiger partial charge in [0.05, 0.1) is 6.54 Å². The summed E-state index contributed by atoms with van der Waals surface area (Å²) < 4.78 is 0. The maximum absolute atomic E-state index is 12.5. The SMILES string of the molecule is O=C(O)N1C(=O)CCC(N2CCN(Cc3ccccc3)CC2=O)C1=O. The van der Waals surface area contributed by atoms with Crippen LogP contribution in [-0.2, 0) is 20.9 Å². The molecule has 3 rings (SSSR count). The molecule has 1 unspecified atom stereocenters. The Kier molecular flexibility index (Phi) is 4.80. The number of piperidine rings is 1. The molecule has 1 atom stereocenters. The highest BCUT2D eigenvalue weighted by Crippen LogP contribution is 2.21. The Morgan fingerprint density at radius 3 is 2.44 bits per heavy atom. The number of carboxylic acid groups (broad SMARTS) is 1. The minimum atomic E-state index is -1.59. The molecule has 8 nitrogen and oxygen atoms in total. The zero-order valence-corrected chi connectivity index (χ0v) is 13.6. The van der Waals surface area contributed by atoms with Gasteiger partial charge in [0.15, 0.2) is 0 Å². The molecule has 0 spiro atoms. The third kappa shape index (κ3) is 3.53. The van der Waals surface area contributed by atoms with E-state index in [1.165, 1.54) is 4.90 Å². The first-order valence-electron chi connectivity index (χ1n) is 8.13. The van der Waals surface area contributed by atoms with Crippen molar-refractivity contribution in [3.63, 3.8) is 0 Å². The fraction of sp³-hybridized carbons (Fsp3) is 0.412. The molecule has 0 bridgehead atoms. The largest absolute Gasteiger partial charge is 0.464 e. The van der Waals surface area contributed by atoms with Crippen molar-refractivity contribution in [3.8, 4) is 0 Å². The van der Waals surface area contributed by atoms with Gasteiger partial charge in [-0.3, -0.25) is 19.3 Å². The molecular formula is C17H19N3O5. The summed E-state index contributed by atoms with van der Waals surface area (Å²) >= 11 is 0. The third-order valence-corrected chi connectivity index (χ3v) is 4.54. The number of likely N-dealkylation sites (tertiary alicyclic amines) is 1. The number of piperazine rings is 1. The molecule has 2 saturated heterocycles. The summed E-state index contributed by atoms with van der Waals surface area (Å²) in [5.41, 5.74) is 1.10. The van der Waals surface area contributed by atoms with Crippen LogP contribution in [0.15, 0.2) is 30.3 Å². The quantitative estimate of drug-likeness (QED) is 0.803. The van der Waals surface area contributed by atoms with Crippen molar-refractivity contribution < 1.29 is 24.3 Å². The smallest absolute Gasteiger partial charge is 0.421 e. The van der Waals surface area contributed by atoms with Gasteiger partial charge in [0, 0.05) is 26.1 Å². The predicted octanol–water partition coefficient (Wildman–Crippen LogP) is 0.526. The lowest BCUT2D eigenvalue weighted by molar-refractivity contribution is -0.156. The number of imide groups is 3. The lowest BCUT2D eigenvalue weighted by atomic mass is 10.0. The molecule has 2 heterocycles. The third-order valence-electron chi connectivity index (χ3n) is 4.54. The van der Waals surface area contributed by atoms with E-state index in [1.807, 2.05) is 35.2 Å². The van der Waals surface area contributed by atoms with Crippen LogP contribution in [0.25, 0.3) is 0 Å². The molecule has 2 aliphatic rings. The average molecular weight is 345 g/mol.